The van der Waals surface area contributed by atoms with Crippen LogP contribution in [0.5, 0.6) is 0 Å². The van der Waals surface area contributed by atoms with E-state index >= 15 is 0 Å². The zero-order chi connectivity index (χ0) is 32.5. The van der Waals surface area contributed by atoms with E-state index in [1.165, 1.54) is 24.3 Å². The molecule has 234 valence electrons. The number of carbonyl (C=O) groups excluding carboxylic acids is 3. The van der Waals surface area contributed by atoms with E-state index in [2.05, 4.69) is 5.73 Å². The Balaban J connectivity index is 0.00000119. The summed E-state index contributed by atoms with van der Waals surface area (Å²) >= 11 is 0. The van der Waals surface area contributed by atoms with Gasteiger partial charge in [-0.15, -0.1) is 0 Å². The van der Waals surface area contributed by atoms with Crippen LogP contribution in [-0.4, -0.2) is 52.0 Å². The monoisotopic (exact) mass is 627 g/mol. The van der Waals surface area contributed by atoms with Gasteiger partial charge in [-0.1, -0.05) is 12.1 Å². The van der Waals surface area contributed by atoms with E-state index in [0.29, 0.717) is 17.0 Å². The molecule has 0 unspecified atom stereocenters. The number of benzene rings is 2. The smallest absolute Gasteiger partial charge is 0.416 e. The Morgan fingerprint density at radius 1 is 0.907 bits per heavy atom. The lowest BCUT2D eigenvalue weighted by Gasteiger charge is -2.33. The van der Waals surface area contributed by atoms with Gasteiger partial charge in [0.15, 0.2) is 5.78 Å². The number of carboxylic acid groups (broad SMARTS) is 1. The van der Waals surface area contributed by atoms with Crippen LogP contribution < -0.4 is 10.6 Å². The number of rotatable bonds is 5. The predicted molar refractivity (Wildman–Crippen MR) is 130 cm³/mol. The maximum Gasteiger partial charge on any atom is 0.416 e. The molecule has 0 aromatic heterocycles. The van der Waals surface area contributed by atoms with E-state index in [9.17, 15) is 53.9 Å². The number of ketones is 1. The second kappa shape index (κ2) is 12.1. The van der Waals surface area contributed by atoms with Crippen molar-refractivity contribution >= 4 is 29.4 Å². The Morgan fingerprint density at radius 3 is 1.88 bits per heavy atom. The molecule has 1 atom stereocenters. The summed E-state index contributed by atoms with van der Waals surface area (Å²) in [6.07, 6.45) is -18.7. The summed E-state index contributed by atoms with van der Waals surface area (Å²) in [6, 6.07) is 3.53. The van der Waals surface area contributed by atoms with E-state index in [0.717, 1.165) is 4.90 Å². The number of anilines is 1. The molecule has 3 amide bonds. The number of amides is 3. The summed E-state index contributed by atoms with van der Waals surface area (Å²) in [5.74, 6) is -3.28. The first-order valence-corrected chi connectivity index (χ1v) is 12.3. The molecule has 0 radical (unpaired) electrons. The lowest BCUT2D eigenvalue weighted by Crippen LogP contribution is -2.52. The van der Waals surface area contributed by atoms with Crippen LogP contribution >= 0.6 is 0 Å². The van der Waals surface area contributed by atoms with E-state index in [-0.39, 0.29) is 30.2 Å². The second-order valence-electron chi connectivity index (χ2n) is 9.66. The minimum atomic E-state index is -5.16. The maximum absolute atomic E-state index is 13.7. The van der Waals surface area contributed by atoms with Crippen LogP contribution in [0, 0.1) is 0 Å². The molecule has 1 heterocycles. The number of primary amides is 1. The largest absolute Gasteiger partial charge is 0.465 e. The van der Waals surface area contributed by atoms with Gasteiger partial charge in [0.25, 0.3) is 5.91 Å². The average molecular weight is 627 g/mol. The summed E-state index contributed by atoms with van der Waals surface area (Å²) in [5, 5.41) is 7.19. The van der Waals surface area contributed by atoms with Crippen LogP contribution in [0.2, 0.25) is 0 Å². The lowest BCUT2D eigenvalue weighted by molar-refractivity contribution is -0.165. The molecular weight excluding hydrogens is 605 g/mol. The van der Waals surface area contributed by atoms with Crippen molar-refractivity contribution in [1.29, 1.82) is 0 Å². The van der Waals surface area contributed by atoms with Gasteiger partial charge < -0.3 is 20.6 Å². The molecule has 2 aromatic carbocycles. The summed E-state index contributed by atoms with van der Waals surface area (Å²) in [5.41, 5.74) is -0.0886. The molecule has 2 aromatic rings. The molecule has 1 saturated carbocycles. The molecule has 0 spiro atoms. The fraction of sp³-hybridized carbons (Fsp3) is 0.385. The highest BCUT2D eigenvalue weighted by atomic mass is 19.4. The van der Waals surface area contributed by atoms with Crippen molar-refractivity contribution in [3.63, 3.8) is 0 Å². The fourth-order valence-electron chi connectivity index (χ4n) is 4.54. The highest BCUT2D eigenvalue weighted by Crippen LogP contribution is 2.39. The molecule has 4 rings (SSSR count). The molecule has 43 heavy (non-hydrogen) atoms. The summed E-state index contributed by atoms with van der Waals surface area (Å²) in [4.78, 5) is 49.6. The second-order valence-corrected chi connectivity index (χ2v) is 9.66. The number of hydrogen-bond donors (Lipinski definition) is 2. The minimum absolute atomic E-state index is 0.0847. The normalized spacial score (nSPS) is 17.4. The van der Waals surface area contributed by atoms with Gasteiger partial charge in [0.1, 0.15) is 12.5 Å². The number of Topliss-reactive ketones (excluding diaryl/α,β-unsaturated/α-hetero) is 1. The molecule has 2 aliphatic rings. The topological polar surface area (TPSA) is 121 Å². The predicted octanol–water partition coefficient (Wildman–Crippen LogP) is 5.78. The number of para-hydroxylation sites is 1. The van der Waals surface area contributed by atoms with Gasteiger partial charge in [0.05, 0.1) is 23.4 Å². The van der Waals surface area contributed by atoms with Crippen molar-refractivity contribution in [3.05, 3.63) is 64.7 Å². The van der Waals surface area contributed by atoms with Crippen molar-refractivity contribution in [1.82, 2.24) is 4.90 Å². The van der Waals surface area contributed by atoms with Gasteiger partial charge in [-0.05, 0) is 48.7 Å². The molecule has 3 N–H and O–H groups in total. The van der Waals surface area contributed by atoms with Gasteiger partial charge in [0, 0.05) is 18.0 Å². The molecule has 1 aliphatic carbocycles. The summed E-state index contributed by atoms with van der Waals surface area (Å²) in [6.45, 7) is -0.876. The molecule has 0 saturated heterocycles. The van der Waals surface area contributed by atoms with Gasteiger partial charge in [-0.2, -0.15) is 39.5 Å². The highest BCUT2D eigenvalue weighted by Gasteiger charge is 2.47. The maximum atomic E-state index is 13.7. The average Bonchev–Trinajstić information content (AvgIpc) is 3.69. The van der Waals surface area contributed by atoms with Gasteiger partial charge in [-0.25, -0.2) is 4.79 Å². The standard InChI is InChI=1S/C25H19F9N2O3.CH3NO2/c26-23(27,28)11-21(38)36(16-5-6-16)19-10-20(37)17-3-1-2-4-18(17)35(22(19)39)12-13-7-14(24(29,30)31)9-15(8-13)25(32,33)34;2-1(3)4/h1-4,7-9,16,19H,5-6,10-12H2;2H2,(H,3,4)/t19-;/m1./s1. The molecule has 8 nitrogen and oxygen atoms in total. The number of fused-ring (bicyclic) bond motifs is 1. The van der Waals surface area contributed by atoms with Crippen molar-refractivity contribution in [2.45, 2.75) is 62.8 Å². The van der Waals surface area contributed by atoms with Crippen molar-refractivity contribution in [2.24, 2.45) is 5.73 Å². The molecule has 1 fully saturated rings. The molecular formula is C26H22F9N3O5. The highest BCUT2D eigenvalue weighted by molar-refractivity contribution is 6.13. The van der Waals surface area contributed by atoms with Crippen LogP contribution in [0.15, 0.2) is 42.5 Å². The van der Waals surface area contributed by atoms with Crippen molar-refractivity contribution in [3.8, 4) is 0 Å². The number of hydrogen-bond acceptors (Lipinski definition) is 4. The minimum Gasteiger partial charge on any atom is -0.465 e. The van der Waals surface area contributed by atoms with E-state index in [1.807, 2.05) is 0 Å². The van der Waals surface area contributed by atoms with E-state index in [1.54, 1.807) is 0 Å². The first kappa shape index (κ1) is 33.2. The Kier molecular flexibility index (Phi) is 9.36. The third-order valence-electron chi connectivity index (χ3n) is 6.33. The summed E-state index contributed by atoms with van der Waals surface area (Å²) < 4.78 is 120. The molecule has 1 aliphatic heterocycles. The van der Waals surface area contributed by atoms with Gasteiger partial charge in [0.2, 0.25) is 5.91 Å². The molecule has 17 heteroatoms. The zero-order valence-electron chi connectivity index (χ0n) is 21.7. The fourth-order valence-corrected chi connectivity index (χ4v) is 4.54. The van der Waals surface area contributed by atoms with Crippen molar-refractivity contribution in [2.75, 3.05) is 4.90 Å². The van der Waals surface area contributed by atoms with Gasteiger partial charge >= 0.3 is 24.6 Å². The van der Waals surface area contributed by atoms with E-state index in [4.69, 9.17) is 9.90 Å². The van der Waals surface area contributed by atoms with Crippen LogP contribution in [0.3, 0.4) is 0 Å². The number of alkyl halides is 9. The Hall–Kier alpha value is -4.31. The Morgan fingerprint density at radius 2 is 1.42 bits per heavy atom. The van der Waals surface area contributed by atoms with E-state index < -0.39 is 90.4 Å². The van der Waals surface area contributed by atoms with Gasteiger partial charge in [-0.3, -0.25) is 14.4 Å². The first-order valence-electron chi connectivity index (χ1n) is 12.3. The Labute approximate surface area is 236 Å². The Bertz CT molecular complexity index is 1370. The number of carbonyl (C=O) groups is 4. The number of nitrogens with zero attached hydrogens (tertiary/aromatic N) is 2. The van der Waals surface area contributed by atoms with Crippen LogP contribution in [-0.2, 0) is 28.5 Å². The summed E-state index contributed by atoms with van der Waals surface area (Å²) in [7, 11) is 0. The molecule has 0 bridgehead atoms. The van der Waals surface area contributed by atoms with Crippen LogP contribution in [0.4, 0.5) is 50.0 Å². The number of halogens is 9. The first-order chi connectivity index (χ1) is 19.7. The zero-order valence-corrected chi connectivity index (χ0v) is 21.7. The lowest BCUT2D eigenvalue weighted by atomic mass is 10.0. The van der Waals surface area contributed by atoms with Crippen molar-refractivity contribution < 1.29 is 63.8 Å². The SMILES string of the molecule is NC(=O)O.O=C1C[C@@H](N(C(=O)CC(F)(F)F)C2CC2)C(=O)N(Cc2cc(C(F)(F)F)cc(C(F)(F)F)c2)c2ccccc21. The third-order valence-corrected chi connectivity index (χ3v) is 6.33. The third kappa shape index (κ3) is 8.61. The van der Waals surface area contributed by atoms with Crippen LogP contribution in [0.25, 0.3) is 0 Å². The van der Waals surface area contributed by atoms with Crippen LogP contribution in [0.1, 0.15) is 52.7 Å². The number of nitrogens with two attached hydrogens (primary N) is 1. The quantitative estimate of drug-likeness (QED) is 0.408.